The third kappa shape index (κ3) is 4.67. The Labute approximate surface area is 145 Å². The van der Waals surface area contributed by atoms with Crippen molar-refractivity contribution in [2.75, 3.05) is 14.2 Å². The van der Waals surface area contributed by atoms with Crippen molar-refractivity contribution in [1.29, 1.82) is 0 Å². The number of hydrogen-bond acceptors (Lipinski definition) is 5. The van der Waals surface area contributed by atoms with E-state index < -0.39 is 10.0 Å². The highest BCUT2D eigenvalue weighted by Gasteiger charge is 2.17. The van der Waals surface area contributed by atoms with E-state index >= 15 is 0 Å². The van der Waals surface area contributed by atoms with E-state index in [4.69, 9.17) is 4.74 Å². The number of carbonyl (C=O) groups is 1. The van der Waals surface area contributed by atoms with Gasteiger partial charge in [-0.15, -0.1) is 11.3 Å². The van der Waals surface area contributed by atoms with E-state index in [1.54, 1.807) is 29.5 Å². The second-order valence-electron chi connectivity index (χ2n) is 4.75. The predicted molar refractivity (Wildman–Crippen MR) is 94.4 cm³/mol. The first kappa shape index (κ1) is 18.2. The summed E-state index contributed by atoms with van der Waals surface area (Å²) in [5, 5.41) is 4.71. The van der Waals surface area contributed by atoms with Crippen LogP contribution in [0.5, 0.6) is 5.75 Å². The van der Waals surface area contributed by atoms with Gasteiger partial charge in [-0.1, -0.05) is 12.1 Å². The molecule has 0 radical (unpaired) electrons. The van der Waals surface area contributed by atoms with Crippen molar-refractivity contribution in [3.8, 4) is 5.75 Å². The second-order valence-corrected chi connectivity index (χ2v) is 7.64. The number of carbonyl (C=O) groups excluding carboxylic acids is 1. The average Bonchev–Trinajstić information content (AvgIpc) is 3.11. The van der Waals surface area contributed by atoms with Crippen molar-refractivity contribution in [2.24, 2.45) is 0 Å². The van der Waals surface area contributed by atoms with E-state index in [1.807, 2.05) is 17.5 Å². The lowest BCUT2D eigenvalue weighted by Crippen LogP contribution is -2.20. The molecule has 0 atom stereocenters. The van der Waals surface area contributed by atoms with Gasteiger partial charge in [-0.3, -0.25) is 4.79 Å². The zero-order valence-corrected chi connectivity index (χ0v) is 14.9. The summed E-state index contributed by atoms with van der Waals surface area (Å²) in [6, 6.07) is 8.54. The van der Waals surface area contributed by atoms with Crippen molar-refractivity contribution < 1.29 is 17.9 Å². The van der Waals surface area contributed by atoms with E-state index in [1.165, 1.54) is 26.3 Å². The molecule has 24 heavy (non-hydrogen) atoms. The molecule has 0 fully saturated rings. The summed E-state index contributed by atoms with van der Waals surface area (Å²) in [6.45, 7) is 0.461. The highest BCUT2D eigenvalue weighted by molar-refractivity contribution is 7.89. The first-order valence-electron chi connectivity index (χ1n) is 7.06. The number of methoxy groups -OCH3 is 1. The molecule has 0 spiro atoms. The van der Waals surface area contributed by atoms with Gasteiger partial charge in [-0.25, -0.2) is 13.1 Å². The zero-order valence-electron chi connectivity index (χ0n) is 13.3. The minimum Gasteiger partial charge on any atom is -0.495 e. The fourth-order valence-corrected chi connectivity index (χ4v) is 3.51. The fourth-order valence-electron chi connectivity index (χ4n) is 1.94. The lowest BCUT2D eigenvalue weighted by Gasteiger charge is -2.09. The minimum absolute atomic E-state index is 0.0219. The SMILES string of the molecule is CNS(=O)(=O)c1cc(C=CC(=O)NCc2cccs2)ccc1OC. The Hall–Kier alpha value is -2.16. The van der Waals surface area contributed by atoms with Crippen molar-refractivity contribution >= 4 is 33.3 Å². The molecular weight excluding hydrogens is 348 g/mol. The standard InChI is InChI=1S/C16H18N2O4S2/c1-17-24(20,21)15-10-12(5-7-14(15)22-2)6-8-16(19)18-11-13-4-3-9-23-13/h3-10,17H,11H2,1-2H3,(H,18,19). The maximum atomic E-state index is 12.0. The molecule has 0 saturated carbocycles. The van der Waals surface area contributed by atoms with Crippen molar-refractivity contribution in [1.82, 2.24) is 10.0 Å². The molecule has 2 aromatic rings. The summed E-state index contributed by atoms with van der Waals surface area (Å²) < 4.78 is 31.3. The van der Waals surface area contributed by atoms with Gasteiger partial charge in [-0.2, -0.15) is 0 Å². The lowest BCUT2D eigenvalue weighted by atomic mass is 10.2. The normalized spacial score (nSPS) is 11.6. The molecule has 128 valence electrons. The van der Waals surface area contributed by atoms with Gasteiger partial charge in [0.25, 0.3) is 0 Å². The Morgan fingerprint density at radius 3 is 2.75 bits per heavy atom. The number of thiophene rings is 1. The third-order valence-electron chi connectivity index (χ3n) is 3.19. The zero-order chi connectivity index (χ0) is 17.6. The molecule has 0 bridgehead atoms. The van der Waals surface area contributed by atoms with Crippen molar-refractivity contribution in [3.05, 3.63) is 52.2 Å². The van der Waals surface area contributed by atoms with Crippen LogP contribution in [0.25, 0.3) is 6.08 Å². The Kier molecular flexibility index (Phi) is 6.13. The summed E-state index contributed by atoms with van der Waals surface area (Å²) in [5.74, 6) is -0.0131. The van der Waals surface area contributed by atoms with Gasteiger partial charge >= 0.3 is 0 Å². The number of benzene rings is 1. The van der Waals surface area contributed by atoms with Crippen LogP contribution in [0.4, 0.5) is 0 Å². The molecule has 6 nitrogen and oxygen atoms in total. The molecule has 0 saturated heterocycles. The number of hydrogen-bond donors (Lipinski definition) is 2. The molecule has 0 unspecified atom stereocenters. The van der Waals surface area contributed by atoms with Crippen LogP contribution < -0.4 is 14.8 Å². The van der Waals surface area contributed by atoms with Gasteiger partial charge in [0.1, 0.15) is 10.6 Å². The molecule has 2 rings (SSSR count). The fraction of sp³-hybridized carbons (Fsp3) is 0.188. The van der Waals surface area contributed by atoms with Gasteiger partial charge in [-0.05, 0) is 42.3 Å². The van der Waals surface area contributed by atoms with Crippen molar-refractivity contribution in [3.63, 3.8) is 0 Å². The Balaban J connectivity index is 2.11. The summed E-state index contributed by atoms with van der Waals surface area (Å²) in [7, 11) is -0.921. The van der Waals surface area contributed by atoms with E-state index in [-0.39, 0.29) is 16.6 Å². The molecule has 1 amide bonds. The molecule has 2 N–H and O–H groups in total. The van der Waals surface area contributed by atoms with E-state index in [2.05, 4.69) is 10.0 Å². The highest BCUT2D eigenvalue weighted by Crippen LogP contribution is 2.25. The van der Waals surface area contributed by atoms with Gasteiger partial charge in [0, 0.05) is 11.0 Å². The number of nitrogens with one attached hydrogen (secondary N) is 2. The summed E-state index contributed by atoms with van der Waals surface area (Å²) in [6.07, 6.45) is 2.92. The maximum Gasteiger partial charge on any atom is 0.244 e. The van der Waals surface area contributed by atoms with Crippen LogP contribution in [0, 0.1) is 0 Å². The molecule has 8 heteroatoms. The highest BCUT2D eigenvalue weighted by atomic mass is 32.2. The van der Waals surface area contributed by atoms with Gasteiger partial charge in [0.15, 0.2) is 0 Å². The van der Waals surface area contributed by atoms with E-state index in [0.29, 0.717) is 12.1 Å². The van der Waals surface area contributed by atoms with Crippen LogP contribution in [-0.2, 0) is 21.4 Å². The quantitative estimate of drug-likeness (QED) is 0.734. The van der Waals surface area contributed by atoms with Gasteiger partial charge in [0.2, 0.25) is 15.9 Å². The van der Waals surface area contributed by atoms with Crippen LogP contribution in [-0.4, -0.2) is 28.5 Å². The van der Waals surface area contributed by atoms with Crippen LogP contribution in [0.15, 0.2) is 46.7 Å². The predicted octanol–water partition coefficient (Wildman–Crippen LogP) is 1.99. The first-order valence-corrected chi connectivity index (χ1v) is 9.42. The molecule has 1 aromatic heterocycles. The Morgan fingerprint density at radius 1 is 1.33 bits per heavy atom. The number of sulfonamides is 1. The van der Waals surface area contributed by atoms with Crippen molar-refractivity contribution in [2.45, 2.75) is 11.4 Å². The van der Waals surface area contributed by atoms with E-state index in [9.17, 15) is 13.2 Å². The number of ether oxygens (including phenoxy) is 1. The largest absolute Gasteiger partial charge is 0.495 e. The van der Waals surface area contributed by atoms with E-state index in [0.717, 1.165) is 4.88 Å². The first-order chi connectivity index (χ1) is 11.5. The molecule has 0 aliphatic heterocycles. The van der Waals surface area contributed by atoms with Crippen LogP contribution >= 0.6 is 11.3 Å². The summed E-state index contributed by atoms with van der Waals surface area (Å²) in [5.41, 5.74) is 0.580. The monoisotopic (exact) mass is 366 g/mol. The van der Waals surface area contributed by atoms with Gasteiger partial charge in [0.05, 0.1) is 13.7 Å². The second kappa shape index (κ2) is 8.09. The smallest absolute Gasteiger partial charge is 0.244 e. The topological polar surface area (TPSA) is 84.5 Å². The minimum atomic E-state index is -3.65. The Morgan fingerprint density at radius 2 is 2.12 bits per heavy atom. The third-order valence-corrected chi connectivity index (χ3v) is 5.50. The Bertz CT molecular complexity index is 828. The van der Waals surface area contributed by atoms with Crippen LogP contribution in [0.1, 0.15) is 10.4 Å². The summed E-state index contributed by atoms with van der Waals surface area (Å²) >= 11 is 1.56. The number of rotatable bonds is 7. The maximum absolute atomic E-state index is 12.0. The van der Waals surface area contributed by atoms with Gasteiger partial charge < -0.3 is 10.1 Å². The molecule has 0 aliphatic carbocycles. The van der Waals surface area contributed by atoms with Crippen LogP contribution in [0.3, 0.4) is 0 Å². The average molecular weight is 366 g/mol. The molecule has 0 aliphatic rings. The van der Waals surface area contributed by atoms with Crippen LogP contribution in [0.2, 0.25) is 0 Å². The molecular formula is C16H18N2O4S2. The number of amides is 1. The lowest BCUT2D eigenvalue weighted by molar-refractivity contribution is -0.116. The molecule has 1 aromatic carbocycles. The molecule has 1 heterocycles. The summed E-state index contributed by atoms with van der Waals surface area (Å²) in [4.78, 5) is 12.9.